The molecule has 1 N–H and O–H groups in total. The summed E-state index contributed by atoms with van der Waals surface area (Å²) < 4.78 is 4.94. The highest BCUT2D eigenvalue weighted by Gasteiger charge is 2.11. The van der Waals surface area contributed by atoms with Crippen LogP contribution < -0.4 is 4.74 Å². The SMILES string of the molecule is COc1ccc(C(O)C(C)=O)cc1. The van der Waals surface area contributed by atoms with E-state index in [1.54, 1.807) is 31.4 Å². The number of ether oxygens (including phenoxy) is 1. The molecule has 3 heteroatoms. The summed E-state index contributed by atoms with van der Waals surface area (Å²) in [5.41, 5.74) is 0.591. The zero-order chi connectivity index (χ0) is 9.84. The molecule has 1 aromatic rings. The second-order valence-electron chi connectivity index (χ2n) is 2.79. The summed E-state index contributed by atoms with van der Waals surface area (Å²) in [4.78, 5) is 10.8. The van der Waals surface area contributed by atoms with Crippen LogP contribution in [-0.4, -0.2) is 18.0 Å². The monoisotopic (exact) mass is 180 g/mol. The molecule has 0 fully saturated rings. The molecule has 0 aliphatic carbocycles. The number of Topliss-reactive ketones (excluding diaryl/α,β-unsaturated/α-hetero) is 1. The molecule has 0 radical (unpaired) electrons. The van der Waals surface area contributed by atoms with Crippen LogP contribution in [0.25, 0.3) is 0 Å². The fourth-order valence-electron chi connectivity index (χ4n) is 1.02. The fraction of sp³-hybridized carbons (Fsp3) is 0.300. The van der Waals surface area contributed by atoms with Gasteiger partial charge in [-0.2, -0.15) is 0 Å². The van der Waals surface area contributed by atoms with Crippen LogP contribution in [0.3, 0.4) is 0 Å². The van der Waals surface area contributed by atoms with Crippen LogP contribution in [0.2, 0.25) is 0 Å². The Morgan fingerprint density at radius 2 is 1.92 bits per heavy atom. The van der Waals surface area contributed by atoms with Crippen LogP contribution in [-0.2, 0) is 4.79 Å². The quantitative estimate of drug-likeness (QED) is 0.763. The lowest BCUT2D eigenvalue weighted by atomic mass is 10.1. The summed E-state index contributed by atoms with van der Waals surface area (Å²) in [6.45, 7) is 1.36. The lowest BCUT2D eigenvalue weighted by Gasteiger charge is -2.07. The maximum Gasteiger partial charge on any atom is 0.162 e. The van der Waals surface area contributed by atoms with Crippen LogP contribution in [0, 0.1) is 0 Å². The van der Waals surface area contributed by atoms with E-state index in [1.165, 1.54) is 6.92 Å². The Labute approximate surface area is 77.0 Å². The molecule has 0 heterocycles. The Bertz CT molecular complexity index is 290. The summed E-state index contributed by atoms with van der Waals surface area (Å²) in [5.74, 6) is 0.449. The molecule has 0 aromatic heterocycles. The molecular weight excluding hydrogens is 168 g/mol. The number of aliphatic hydroxyl groups is 1. The van der Waals surface area contributed by atoms with Gasteiger partial charge >= 0.3 is 0 Å². The van der Waals surface area contributed by atoms with E-state index in [4.69, 9.17) is 4.74 Å². The summed E-state index contributed by atoms with van der Waals surface area (Å²) in [5, 5.41) is 9.37. The molecule has 0 aliphatic rings. The molecule has 13 heavy (non-hydrogen) atoms. The number of benzene rings is 1. The molecule has 0 saturated carbocycles. The van der Waals surface area contributed by atoms with Crippen molar-refractivity contribution in [2.24, 2.45) is 0 Å². The van der Waals surface area contributed by atoms with E-state index in [9.17, 15) is 9.90 Å². The number of carbonyl (C=O) groups excluding carboxylic acids is 1. The van der Waals surface area contributed by atoms with Crippen molar-refractivity contribution >= 4 is 5.78 Å². The third-order valence-corrected chi connectivity index (χ3v) is 1.82. The van der Waals surface area contributed by atoms with Crippen molar-refractivity contribution < 1.29 is 14.6 Å². The molecule has 1 atom stereocenters. The number of methoxy groups -OCH3 is 1. The first-order valence-corrected chi connectivity index (χ1v) is 3.97. The molecule has 0 bridgehead atoms. The van der Waals surface area contributed by atoms with Gasteiger partial charge in [0.05, 0.1) is 7.11 Å². The average Bonchev–Trinajstić information content (AvgIpc) is 2.17. The van der Waals surface area contributed by atoms with E-state index >= 15 is 0 Å². The smallest absolute Gasteiger partial charge is 0.162 e. The third kappa shape index (κ3) is 2.29. The third-order valence-electron chi connectivity index (χ3n) is 1.82. The van der Waals surface area contributed by atoms with Crippen LogP contribution in [0.15, 0.2) is 24.3 Å². The van der Waals surface area contributed by atoms with Crippen molar-refractivity contribution in [1.29, 1.82) is 0 Å². The largest absolute Gasteiger partial charge is 0.497 e. The van der Waals surface area contributed by atoms with Gasteiger partial charge in [-0.25, -0.2) is 0 Å². The summed E-state index contributed by atoms with van der Waals surface area (Å²) in [6, 6.07) is 6.76. The molecule has 1 unspecified atom stereocenters. The lowest BCUT2D eigenvalue weighted by Crippen LogP contribution is -2.07. The van der Waals surface area contributed by atoms with Crippen molar-refractivity contribution in [2.75, 3.05) is 7.11 Å². The van der Waals surface area contributed by atoms with Gasteiger partial charge in [-0.1, -0.05) is 12.1 Å². The molecule has 70 valence electrons. The van der Waals surface area contributed by atoms with Gasteiger partial charge in [0.25, 0.3) is 0 Å². The molecule has 1 rings (SSSR count). The maximum absolute atomic E-state index is 10.8. The van der Waals surface area contributed by atoms with Crippen molar-refractivity contribution in [2.45, 2.75) is 13.0 Å². The highest BCUT2D eigenvalue weighted by Crippen LogP contribution is 2.17. The fourth-order valence-corrected chi connectivity index (χ4v) is 1.02. The predicted molar refractivity (Wildman–Crippen MR) is 48.6 cm³/mol. The van der Waals surface area contributed by atoms with Gasteiger partial charge in [-0.05, 0) is 24.6 Å². The van der Waals surface area contributed by atoms with Crippen molar-refractivity contribution in [3.63, 3.8) is 0 Å². The number of carbonyl (C=O) groups is 1. The van der Waals surface area contributed by atoms with Gasteiger partial charge in [-0.15, -0.1) is 0 Å². The highest BCUT2D eigenvalue weighted by molar-refractivity contribution is 5.81. The van der Waals surface area contributed by atoms with Gasteiger partial charge in [-0.3, -0.25) is 4.79 Å². The molecular formula is C10H12O3. The minimum absolute atomic E-state index is 0.259. The Kier molecular flexibility index (Phi) is 3.03. The van der Waals surface area contributed by atoms with Gasteiger partial charge in [0.15, 0.2) is 5.78 Å². The van der Waals surface area contributed by atoms with E-state index in [-0.39, 0.29) is 5.78 Å². The maximum atomic E-state index is 10.8. The molecule has 0 aliphatic heterocycles. The Morgan fingerprint density at radius 1 is 1.38 bits per heavy atom. The number of hydrogen-bond acceptors (Lipinski definition) is 3. The topological polar surface area (TPSA) is 46.5 Å². The van der Waals surface area contributed by atoms with E-state index in [0.717, 1.165) is 0 Å². The van der Waals surface area contributed by atoms with E-state index in [1.807, 2.05) is 0 Å². The summed E-state index contributed by atoms with van der Waals surface area (Å²) in [6.07, 6.45) is -1.02. The molecule has 0 spiro atoms. The zero-order valence-corrected chi connectivity index (χ0v) is 7.65. The van der Waals surface area contributed by atoms with Crippen molar-refractivity contribution in [3.05, 3.63) is 29.8 Å². The number of aliphatic hydroxyl groups excluding tert-OH is 1. The molecule has 0 saturated heterocycles. The molecule has 1 aromatic carbocycles. The Morgan fingerprint density at radius 3 is 2.31 bits per heavy atom. The van der Waals surface area contributed by atoms with E-state index in [0.29, 0.717) is 11.3 Å². The number of hydrogen-bond donors (Lipinski definition) is 1. The molecule has 0 amide bonds. The summed E-state index contributed by atoms with van der Waals surface area (Å²) in [7, 11) is 1.57. The number of ketones is 1. The van der Waals surface area contributed by atoms with Gasteiger partial charge in [0, 0.05) is 0 Å². The van der Waals surface area contributed by atoms with Crippen LogP contribution in [0.5, 0.6) is 5.75 Å². The normalized spacial score (nSPS) is 12.2. The number of rotatable bonds is 3. The Hall–Kier alpha value is -1.35. The molecule has 3 nitrogen and oxygen atoms in total. The van der Waals surface area contributed by atoms with Gasteiger partial charge in [0.2, 0.25) is 0 Å². The van der Waals surface area contributed by atoms with E-state index < -0.39 is 6.10 Å². The first kappa shape index (κ1) is 9.74. The van der Waals surface area contributed by atoms with E-state index in [2.05, 4.69) is 0 Å². The van der Waals surface area contributed by atoms with Gasteiger partial charge in [0.1, 0.15) is 11.9 Å². The first-order chi connectivity index (χ1) is 6.15. The second-order valence-corrected chi connectivity index (χ2v) is 2.79. The standard InChI is InChI=1S/C10H12O3/c1-7(11)10(12)8-3-5-9(13-2)6-4-8/h3-6,10,12H,1-2H3. The van der Waals surface area contributed by atoms with Crippen molar-refractivity contribution in [3.8, 4) is 5.75 Å². The highest BCUT2D eigenvalue weighted by atomic mass is 16.5. The minimum atomic E-state index is -1.02. The van der Waals surface area contributed by atoms with Crippen LogP contribution in [0.1, 0.15) is 18.6 Å². The zero-order valence-electron chi connectivity index (χ0n) is 7.65. The van der Waals surface area contributed by atoms with Crippen molar-refractivity contribution in [1.82, 2.24) is 0 Å². The average molecular weight is 180 g/mol. The lowest BCUT2D eigenvalue weighted by molar-refractivity contribution is -0.125. The summed E-state index contributed by atoms with van der Waals surface area (Å²) >= 11 is 0. The van der Waals surface area contributed by atoms with Crippen LogP contribution in [0.4, 0.5) is 0 Å². The second kappa shape index (κ2) is 4.05. The van der Waals surface area contributed by atoms with Gasteiger partial charge < -0.3 is 9.84 Å². The Balaban J connectivity index is 2.85. The van der Waals surface area contributed by atoms with Crippen LogP contribution >= 0.6 is 0 Å². The first-order valence-electron chi connectivity index (χ1n) is 3.97. The minimum Gasteiger partial charge on any atom is -0.497 e. The predicted octanol–water partition coefficient (Wildman–Crippen LogP) is 1.32.